The monoisotopic (exact) mass is 429 g/mol. The van der Waals surface area contributed by atoms with Crippen molar-refractivity contribution in [3.63, 3.8) is 0 Å². The van der Waals surface area contributed by atoms with Crippen LogP contribution in [0.3, 0.4) is 0 Å². The van der Waals surface area contributed by atoms with Gasteiger partial charge in [0.1, 0.15) is 5.78 Å². The molecule has 1 aromatic heterocycles. The van der Waals surface area contributed by atoms with Crippen molar-refractivity contribution in [2.45, 2.75) is 61.8 Å². The van der Waals surface area contributed by atoms with Gasteiger partial charge < -0.3 is 10.2 Å². The molecule has 28 heavy (non-hydrogen) atoms. The van der Waals surface area contributed by atoms with Crippen molar-refractivity contribution in [1.82, 2.24) is 4.98 Å². The van der Waals surface area contributed by atoms with Gasteiger partial charge in [-0.1, -0.05) is 23.9 Å². The maximum absolute atomic E-state index is 12.2. The number of carboxylic acid groups (broad SMARTS) is 1. The summed E-state index contributed by atoms with van der Waals surface area (Å²) < 4.78 is 12.9. The maximum Gasteiger partial charge on any atom is 0.355 e. The van der Waals surface area contributed by atoms with Gasteiger partial charge in [0.25, 0.3) is 0 Å². The van der Waals surface area contributed by atoms with Crippen LogP contribution in [0, 0.1) is 11.8 Å². The van der Waals surface area contributed by atoms with E-state index in [9.17, 15) is 19.1 Å². The lowest BCUT2D eigenvalue weighted by molar-refractivity contribution is -0.121. The van der Waals surface area contributed by atoms with Crippen molar-refractivity contribution >= 4 is 34.9 Å². The minimum absolute atomic E-state index is 0.0286. The first-order valence-electron chi connectivity index (χ1n) is 9.62. The second-order valence-electron chi connectivity index (χ2n) is 7.49. The van der Waals surface area contributed by atoms with Crippen LogP contribution in [-0.2, 0) is 4.79 Å². The molecule has 156 valence electrons. The van der Waals surface area contributed by atoms with E-state index in [1.165, 1.54) is 28.5 Å². The number of aliphatic hydroxyl groups is 1. The average Bonchev–Trinajstić information content (AvgIpc) is 3.23. The van der Waals surface area contributed by atoms with Gasteiger partial charge in [0, 0.05) is 23.5 Å². The molecule has 1 aliphatic carbocycles. The predicted molar refractivity (Wildman–Crippen MR) is 110 cm³/mol. The van der Waals surface area contributed by atoms with E-state index >= 15 is 0 Å². The number of carbonyl (C=O) groups is 2. The number of carboxylic acids is 1. The third kappa shape index (κ3) is 7.29. The summed E-state index contributed by atoms with van der Waals surface area (Å²) in [6.45, 7) is 1.41. The quantitative estimate of drug-likeness (QED) is 0.283. The number of unbranched alkanes of at least 4 members (excludes halogenated alkanes) is 1. The number of aromatic nitrogens is 1. The molecule has 0 radical (unpaired) electrons. The zero-order chi connectivity index (χ0) is 20.6. The summed E-state index contributed by atoms with van der Waals surface area (Å²) in [6.07, 6.45) is 8.36. The molecule has 1 fully saturated rings. The first-order valence-corrected chi connectivity index (χ1v) is 11.5. The summed E-state index contributed by atoms with van der Waals surface area (Å²) in [7, 11) is 0. The number of allylic oxidation sites excluding steroid dienone is 1. The van der Waals surface area contributed by atoms with E-state index in [1.807, 2.05) is 6.08 Å². The highest BCUT2D eigenvalue weighted by molar-refractivity contribution is 8.01. The molecule has 0 bridgehead atoms. The topological polar surface area (TPSA) is 87.5 Å². The van der Waals surface area contributed by atoms with E-state index in [0.717, 1.165) is 12.8 Å². The zero-order valence-corrected chi connectivity index (χ0v) is 17.7. The third-order valence-electron chi connectivity index (χ3n) is 5.05. The van der Waals surface area contributed by atoms with Gasteiger partial charge >= 0.3 is 5.97 Å². The van der Waals surface area contributed by atoms with E-state index in [2.05, 4.69) is 11.1 Å². The average molecular weight is 430 g/mol. The van der Waals surface area contributed by atoms with Crippen molar-refractivity contribution in [3.05, 3.63) is 23.2 Å². The van der Waals surface area contributed by atoms with Crippen molar-refractivity contribution in [1.29, 1.82) is 0 Å². The molecule has 0 aromatic carbocycles. The highest BCUT2D eigenvalue weighted by Gasteiger charge is 2.32. The fourth-order valence-electron chi connectivity index (χ4n) is 3.43. The number of thioether (sulfide) groups is 1. The van der Waals surface area contributed by atoms with Crippen LogP contribution in [0.2, 0.25) is 0 Å². The van der Waals surface area contributed by atoms with E-state index in [0.29, 0.717) is 42.2 Å². The fourth-order valence-corrected chi connectivity index (χ4v) is 5.33. The first kappa shape index (κ1) is 23.0. The van der Waals surface area contributed by atoms with E-state index in [1.54, 1.807) is 6.92 Å². The van der Waals surface area contributed by atoms with Crippen LogP contribution in [0.15, 0.2) is 21.9 Å². The van der Waals surface area contributed by atoms with E-state index < -0.39 is 11.6 Å². The Morgan fingerprint density at radius 3 is 2.96 bits per heavy atom. The summed E-state index contributed by atoms with van der Waals surface area (Å²) in [5.41, 5.74) is -0.782. The number of carbonyl (C=O) groups excluding carboxylic acids is 1. The molecule has 1 heterocycles. The molecule has 0 spiro atoms. The Morgan fingerprint density at radius 2 is 2.29 bits per heavy atom. The van der Waals surface area contributed by atoms with Crippen LogP contribution >= 0.6 is 23.1 Å². The van der Waals surface area contributed by atoms with Crippen molar-refractivity contribution in [2.75, 3.05) is 12.4 Å². The summed E-state index contributed by atoms with van der Waals surface area (Å²) in [4.78, 5) is 27.2. The summed E-state index contributed by atoms with van der Waals surface area (Å²) >= 11 is 2.79. The number of nitrogens with zero attached hydrogens (tertiary/aromatic N) is 1. The molecular formula is C20H28FNO4S2. The van der Waals surface area contributed by atoms with Gasteiger partial charge in [0.2, 0.25) is 0 Å². The van der Waals surface area contributed by atoms with Gasteiger partial charge in [0.15, 0.2) is 10.0 Å². The smallest absolute Gasteiger partial charge is 0.355 e. The van der Waals surface area contributed by atoms with Crippen LogP contribution < -0.4 is 0 Å². The summed E-state index contributed by atoms with van der Waals surface area (Å²) in [5, 5.41) is 20.8. The Morgan fingerprint density at radius 1 is 1.50 bits per heavy atom. The van der Waals surface area contributed by atoms with Crippen LogP contribution in [0.4, 0.5) is 4.39 Å². The normalized spacial score (nSPS) is 22.0. The largest absolute Gasteiger partial charge is 0.476 e. The number of hydrogen-bond acceptors (Lipinski definition) is 6. The van der Waals surface area contributed by atoms with Gasteiger partial charge in [0.05, 0.1) is 12.3 Å². The number of aromatic carboxylic acids is 1. The third-order valence-corrected chi connectivity index (χ3v) is 7.11. The molecule has 0 amide bonds. The lowest BCUT2D eigenvalue weighted by Crippen LogP contribution is -2.23. The number of thiazole rings is 1. The molecule has 1 aromatic rings. The number of ketones is 1. The summed E-state index contributed by atoms with van der Waals surface area (Å²) in [6, 6.07) is 0. The molecule has 2 N–H and O–H groups in total. The number of Topliss-reactive ketones (excluding diaryl/α,β-unsaturated/α-hetero) is 1. The number of rotatable bonds is 12. The van der Waals surface area contributed by atoms with Gasteiger partial charge in [-0.25, -0.2) is 9.78 Å². The first-order chi connectivity index (χ1) is 13.3. The molecule has 3 atom stereocenters. The highest BCUT2D eigenvalue weighted by Crippen LogP contribution is 2.35. The number of hydrogen-bond donors (Lipinski definition) is 2. The Balaban J connectivity index is 1.80. The molecule has 8 heteroatoms. The van der Waals surface area contributed by atoms with Crippen molar-refractivity contribution in [3.8, 4) is 0 Å². The van der Waals surface area contributed by atoms with Crippen LogP contribution in [-0.4, -0.2) is 45.0 Å². The Labute approximate surface area is 173 Å². The van der Waals surface area contributed by atoms with Gasteiger partial charge in [-0.3, -0.25) is 9.18 Å². The van der Waals surface area contributed by atoms with Gasteiger partial charge in [-0.2, -0.15) is 0 Å². The van der Waals surface area contributed by atoms with Crippen molar-refractivity contribution in [2.24, 2.45) is 11.8 Å². The second kappa shape index (κ2) is 11.1. The standard InChI is InChI=1S/C20H28FNO4S2/c1-20(26,9-2-3-11-21)10-4-5-14-6-7-17(23)15(14)8-12-27-19-22-16(13-28-19)18(24)25/h4-5,13-15,26H,2-3,6-12H2,1H3,(H,24,25)/b5-4+/t14-,15+,20-/m0/s1. The number of halogens is 1. The molecule has 0 unspecified atom stereocenters. The lowest BCUT2D eigenvalue weighted by Gasteiger charge is -2.21. The lowest BCUT2D eigenvalue weighted by atomic mass is 9.90. The van der Waals surface area contributed by atoms with Gasteiger partial charge in [-0.15, -0.1) is 11.3 Å². The van der Waals surface area contributed by atoms with Crippen LogP contribution in [0.5, 0.6) is 0 Å². The molecule has 1 saturated carbocycles. The predicted octanol–water partition coefficient (Wildman–Crippen LogP) is 4.76. The molecule has 1 aliphatic rings. The minimum Gasteiger partial charge on any atom is -0.476 e. The second-order valence-corrected chi connectivity index (χ2v) is 9.69. The molecule has 0 saturated heterocycles. The Bertz CT molecular complexity index is 690. The molecule has 0 aliphatic heterocycles. The SMILES string of the molecule is C[C@@](O)(C/C=C/[C@H]1CCC(=O)[C@@H]1CCSc1nc(C(=O)O)cs1)CCCCF. The zero-order valence-electron chi connectivity index (χ0n) is 16.1. The van der Waals surface area contributed by atoms with E-state index in [-0.39, 0.29) is 30.0 Å². The van der Waals surface area contributed by atoms with Crippen LogP contribution in [0.1, 0.15) is 62.4 Å². The molecule has 2 rings (SSSR count). The number of alkyl halides is 1. The summed E-state index contributed by atoms with van der Waals surface area (Å²) in [5.74, 6) is 0.115. The Hall–Kier alpha value is -1.25. The van der Waals surface area contributed by atoms with Gasteiger partial charge in [-0.05, 0) is 51.4 Å². The maximum atomic E-state index is 12.2. The van der Waals surface area contributed by atoms with Crippen LogP contribution in [0.25, 0.3) is 0 Å². The molecule has 5 nitrogen and oxygen atoms in total. The Kier molecular flexibility index (Phi) is 9.11. The molecular weight excluding hydrogens is 401 g/mol. The van der Waals surface area contributed by atoms with Crippen molar-refractivity contribution < 1.29 is 24.2 Å². The minimum atomic E-state index is -1.03. The highest BCUT2D eigenvalue weighted by atomic mass is 32.2. The van der Waals surface area contributed by atoms with E-state index in [4.69, 9.17) is 5.11 Å². The fraction of sp³-hybridized carbons (Fsp3) is 0.650.